The molecular formula is C10H23N3O3S. The second kappa shape index (κ2) is 5.32. The van der Waals surface area contributed by atoms with E-state index in [1.807, 2.05) is 0 Å². The highest BCUT2D eigenvalue weighted by Crippen LogP contribution is 2.12. The van der Waals surface area contributed by atoms with E-state index < -0.39 is 21.0 Å². The van der Waals surface area contributed by atoms with Gasteiger partial charge in [-0.15, -0.1) is 0 Å². The van der Waals surface area contributed by atoms with Gasteiger partial charge in [0, 0.05) is 18.6 Å². The average Bonchev–Trinajstić information content (AvgIpc) is 2.10. The molecule has 0 saturated carbocycles. The molecule has 0 aromatic rings. The first kappa shape index (κ1) is 16.3. The van der Waals surface area contributed by atoms with Crippen molar-refractivity contribution in [3.63, 3.8) is 0 Å². The summed E-state index contributed by atoms with van der Waals surface area (Å²) < 4.78 is 24.6. The van der Waals surface area contributed by atoms with Crippen molar-refractivity contribution in [2.24, 2.45) is 11.1 Å². The van der Waals surface area contributed by atoms with Gasteiger partial charge in [-0.2, -0.15) is 0 Å². The molecule has 4 N–H and O–H groups in total. The maximum Gasteiger partial charge on any atom is 0.226 e. The van der Waals surface area contributed by atoms with Crippen LogP contribution in [0.2, 0.25) is 0 Å². The summed E-state index contributed by atoms with van der Waals surface area (Å²) in [7, 11) is -3.30. The second-order valence-corrected chi connectivity index (χ2v) is 7.28. The zero-order chi connectivity index (χ0) is 13.9. The van der Waals surface area contributed by atoms with E-state index in [0.29, 0.717) is 0 Å². The number of hydrogen-bond donors (Lipinski definition) is 3. The molecule has 17 heavy (non-hydrogen) atoms. The lowest BCUT2D eigenvalue weighted by Crippen LogP contribution is -2.53. The van der Waals surface area contributed by atoms with Crippen molar-refractivity contribution in [3.05, 3.63) is 0 Å². The number of amides is 1. The quantitative estimate of drug-likeness (QED) is 0.598. The summed E-state index contributed by atoms with van der Waals surface area (Å²) in [5.74, 6) is -0.191. The minimum absolute atomic E-state index is 0.191. The number of sulfonamides is 1. The van der Waals surface area contributed by atoms with Gasteiger partial charge in [-0.3, -0.25) is 4.79 Å². The fraction of sp³-hybridized carbons (Fsp3) is 0.900. The zero-order valence-corrected chi connectivity index (χ0v) is 11.9. The molecule has 0 radical (unpaired) electrons. The van der Waals surface area contributed by atoms with Crippen molar-refractivity contribution in [3.8, 4) is 0 Å². The normalized spacial score (nSPS) is 13.5. The zero-order valence-electron chi connectivity index (χ0n) is 11.1. The Morgan fingerprint density at radius 2 is 1.71 bits per heavy atom. The summed E-state index contributed by atoms with van der Waals surface area (Å²) in [5, 5.41) is 2.69. The molecule has 0 spiro atoms. The average molecular weight is 265 g/mol. The highest BCUT2D eigenvalue weighted by molar-refractivity contribution is 7.88. The van der Waals surface area contributed by atoms with Crippen LogP contribution in [0.3, 0.4) is 0 Å². The molecule has 0 aliphatic heterocycles. The van der Waals surface area contributed by atoms with Crippen molar-refractivity contribution >= 4 is 15.9 Å². The van der Waals surface area contributed by atoms with Gasteiger partial charge in [0.2, 0.25) is 15.9 Å². The van der Waals surface area contributed by atoms with E-state index in [-0.39, 0.29) is 19.0 Å². The number of carbonyl (C=O) groups excluding carboxylic acids is 1. The number of nitrogens with one attached hydrogen (secondary N) is 2. The largest absolute Gasteiger partial charge is 0.354 e. The lowest BCUT2D eigenvalue weighted by Gasteiger charge is -2.28. The summed E-state index contributed by atoms with van der Waals surface area (Å²) in [4.78, 5) is 11.7. The van der Waals surface area contributed by atoms with Crippen LogP contribution in [0, 0.1) is 5.41 Å². The van der Waals surface area contributed by atoms with E-state index in [2.05, 4.69) is 10.0 Å². The van der Waals surface area contributed by atoms with Gasteiger partial charge in [-0.25, -0.2) is 13.1 Å². The Morgan fingerprint density at radius 1 is 1.24 bits per heavy atom. The van der Waals surface area contributed by atoms with Crippen molar-refractivity contribution in [2.75, 3.05) is 19.3 Å². The molecule has 0 rings (SSSR count). The Kier molecular flexibility index (Phi) is 5.12. The lowest BCUT2D eigenvalue weighted by molar-refractivity contribution is -0.129. The molecule has 0 fully saturated rings. The van der Waals surface area contributed by atoms with Crippen LogP contribution < -0.4 is 15.8 Å². The van der Waals surface area contributed by atoms with Crippen LogP contribution in [0.1, 0.15) is 27.7 Å². The van der Waals surface area contributed by atoms with Crippen molar-refractivity contribution < 1.29 is 13.2 Å². The molecule has 0 aromatic heterocycles. The summed E-state index contributed by atoms with van der Waals surface area (Å²) >= 11 is 0. The highest BCUT2D eigenvalue weighted by Gasteiger charge is 2.28. The fourth-order valence-electron chi connectivity index (χ4n) is 1.17. The Morgan fingerprint density at radius 3 is 2.06 bits per heavy atom. The molecule has 102 valence electrons. The summed E-state index contributed by atoms with van der Waals surface area (Å²) in [6, 6.07) is 0. The molecule has 0 aliphatic rings. The molecule has 0 bridgehead atoms. The van der Waals surface area contributed by atoms with Crippen LogP contribution in [0.25, 0.3) is 0 Å². The van der Waals surface area contributed by atoms with Crippen LogP contribution in [0.4, 0.5) is 0 Å². The third-order valence-electron chi connectivity index (χ3n) is 2.28. The van der Waals surface area contributed by atoms with Crippen LogP contribution in [-0.2, 0) is 14.8 Å². The van der Waals surface area contributed by atoms with E-state index in [0.717, 1.165) is 6.26 Å². The number of rotatable bonds is 6. The predicted octanol–water partition coefficient (Wildman–Crippen LogP) is -0.585. The maximum atomic E-state index is 11.7. The van der Waals surface area contributed by atoms with E-state index in [9.17, 15) is 13.2 Å². The monoisotopic (exact) mass is 265 g/mol. The fourth-order valence-corrected chi connectivity index (χ4v) is 2.25. The van der Waals surface area contributed by atoms with E-state index in [4.69, 9.17) is 5.73 Å². The molecular weight excluding hydrogens is 242 g/mol. The van der Waals surface area contributed by atoms with Gasteiger partial charge in [-0.1, -0.05) is 0 Å². The van der Waals surface area contributed by atoms with Crippen molar-refractivity contribution in [2.45, 2.75) is 33.2 Å². The van der Waals surface area contributed by atoms with Gasteiger partial charge in [0.05, 0.1) is 11.7 Å². The maximum absolute atomic E-state index is 11.7. The smallest absolute Gasteiger partial charge is 0.226 e. The summed E-state index contributed by atoms with van der Waals surface area (Å²) in [5.41, 5.74) is 4.10. The minimum Gasteiger partial charge on any atom is -0.354 e. The molecule has 0 saturated heterocycles. The minimum atomic E-state index is -3.30. The van der Waals surface area contributed by atoms with Gasteiger partial charge in [0.15, 0.2) is 0 Å². The third kappa shape index (κ3) is 6.60. The first-order valence-corrected chi connectivity index (χ1v) is 7.26. The van der Waals surface area contributed by atoms with Crippen molar-refractivity contribution in [1.82, 2.24) is 10.0 Å². The van der Waals surface area contributed by atoms with Crippen LogP contribution >= 0.6 is 0 Å². The van der Waals surface area contributed by atoms with Crippen LogP contribution in [-0.4, -0.2) is 39.2 Å². The van der Waals surface area contributed by atoms with Crippen LogP contribution in [0.5, 0.6) is 0 Å². The number of carbonyl (C=O) groups is 1. The Labute approximate surface area is 103 Å². The third-order valence-corrected chi connectivity index (χ3v) is 3.20. The molecule has 0 aliphatic carbocycles. The Hall–Kier alpha value is -0.660. The van der Waals surface area contributed by atoms with Gasteiger partial charge < -0.3 is 11.1 Å². The Balaban J connectivity index is 4.43. The Bertz CT molecular complexity index is 374. The predicted molar refractivity (Wildman–Crippen MR) is 67.9 cm³/mol. The van der Waals surface area contributed by atoms with Crippen molar-refractivity contribution in [1.29, 1.82) is 0 Å². The molecule has 0 heterocycles. The number of hydrogen-bond acceptors (Lipinski definition) is 4. The number of nitrogens with two attached hydrogens (primary N) is 1. The van der Waals surface area contributed by atoms with Gasteiger partial charge in [0.1, 0.15) is 0 Å². The first-order chi connectivity index (χ1) is 7.40. The summed E-state index contributed by atoms with van der Waals surface area (Å²) in [6.07, 6.45) is 1.08. The standard InChI is InChI=1S/C10H23N3O3S/c1-9(2,6-11)8(14)12-7-10(3,4)13-17(5,15)16/h13H,6-7,11H2,1-5H3,(H,12,14). The molecule has 0 unspecified atom stereocenters. The van der Waals surface area contributed by atoms with E-state index in [1.54, 1.807) is 27.7 Å². The lowest BCUT2D eigenvalue weighted by atomic mass is 9.92. The topological polar surface area (TPSA) is 101 Å². The second-order valence-electron chi connectivity index (χ2n) is 5.53. The molecule has 0 atom stereocenters. The van der Waals surface area contributed by atoms with Gasteiger partial charge >= 0.3 is 0 Å². The van der Waals surface area contributed by atoms with E-state index >= 15 is 0 Å². The van der Waals surface area contributed by atoms with Crippen LogP contribution in [0.15, 0.2) is 0 Å². The van der Waals surface area contributed by atoms with Gasteiger partial charge in [0.25, 0.3) is 0 Å². The molecule has 1 amide bonds. The van der Waals surface area contributed by atoms with Gasteiger partial charge in [-0.05, 0) is 27.7 Å². The first-order valence-electron chi connectivity index (χ1n) is 5.37. The highest BCUT2D eigenvalue weighted by atomic mass is 32.2. The SMILES string of the molecule is CC(C)(CNC(=O)C(C)(C)CN)NS(C)(=O)=O. The molecule has 6 nitrogen and oxygen atoms in total. The molecule has 7 heteroatoms. The molecule has 0 aromatic carbocycles. The summed E-state index contributed by atoms with van der Waals surface area (Å²) in [6.45, 7) is 7.31. The van der Waals surface area contributed by atoms with E-state index in [1.165, 1.54) is 0 Å².